The Bertz CT molecular complexity index is 333. The molecular formula is C12H17NO. The molecular weight excluding hydrogens is 174 g/mol. The molecule has 0 aromatic heterocycles. The van der Waals surface area contributed by atoms with Gasteiger partial charge in [0, 0.05) is 18.2 Å². The third kappa shape index (κ3) is 1.75. The maximum atomic E-state index is 9.30. The second-order valence-electron chi connectivity index (χ2n) is 4.26. The summed E-state index contributed by atoms with van der Waals surface area (Å²) >= 11 is 0. The van der Waals surface area contributed by atoms with Crippen LogP contribution < -0.4 is 5.32 Å². The Labute approximate surface area is 85.0 Å². The third-order valence-corrected chi connectivity index (χ3v) is 2.78. The van der Waals surface area contributed by atoms with Crippen LogP contribution in [-0.2, 0) is 6.42 Å². The molecule has 0 radical (unpaired) electrons. The second-order valence-corrected chi connectivity index (χ2v) is 4.26. The molecule has 0 aliphatic carbocycles. The van der Waals surface area contributed by atoms with Crippen LogP contribution in [-0.4, -0.2) is 17.8 Å². The topological polar surface area (TPSA) is 32.3 Å². The standard InChI is InChI=1S/C12H17NO/c1-8-7-13-12-4-3-10(5-9(2)14)6-11(8)12/h3-4,6,8-9,13-14H,5,7H2,1-2H3. The van der Waals surface area contributed by atoms with Crippen LogP contribution in [0.5, 0.6) is 0 Å². The van der Waals surface area contributed by atoms with Gasteiger partial charge in [-0.15, -0.1) is 0 Å². The van der Waals surface area contributed by atoms with Gasteiger partial charge >= 0.3 is 0 Å². The first-order valence-corrected chi connectivity index (χ1v) is 5.21. The monoisotopic (exact) mass is 191 g/mol. The molecule has 0 bridgehead atoms. The summed E-state index contributed by atoms with van der Waals surface area (Å²) in [5.41, 5.74) is 3.88. The van der Waals surface area contributed by atoms with Gasteiger partial charge in [0.25, 0.3) is 0 Å². The van der Waals surface area contributed by atoms with E-state index in [1.807, 2.05) is 6.92 Å². The van der Waals surface area contributed by atoms with Gasteiger partial charge in [0.2, 0.25) is 0 Å². The number of hydrogen-bond acceptors (Lipinski definition) is 2. The predicted molar refractivity (Wildman–Crippen MR) is 58.7 cm³/mol. The maximum absolute atomic E-state index is 9.30. The van der Waals surface area contributed by atoms with E-state index in [4.69, 9.17) is 0 Å². The summed E-state index contributed by atoms with van der Waals surface area (Å²) in [4.78, 5) is 0. The first kappa shape index (κ1) is 9.53. The van der Waals surface area contributed by atoms with E-state index in [-0.39, 0.29) is 6.10 Å². The van der Waals surface area contributed by atoms with Gasteiger partial charge in [-0.2, -0.15) is 0 Å². The number of rotatable bonds is 2. The molecule has 0 saturated carbocycles. The lowest BCUT2D eigenvalue weighted by Gasteiger charge is -2.08. The van der Waals surface area contributed by atoms with E-state index in [1.165, 1.54) is 16.8 Å². The fourth-order valence-electron chi connectivity index (χ4n) is 2.02. The molecule has 2 rings (SSSR count). The molecule has 0 spiro atoms. The normalized spacial score (nSPS) is 21.5. The summed E-state index contributed by atoms with van der Waals surface area (Å²) in [6, 6.07) is 6.43. The zero-order chi connectivity index (χ0) is 10.1. The number of aliphatic hydroxyl groups is 1. The highest BCUT2D eigenvalue weighted by Crippen LogP contribution is 2.31. The number of hydrogen-bond donors (Lipinski definition) is 2. The number of anilines is 1. The third-order valence-electron chi connectivity index (χ3n) is 2.78. The molecule has 14 heavy (non-hydrogen) atoms. The van der Waals surface area contributed by atoms with Gasteiger partial charge in [0.1, 0.15) is 0 Å². The predicted octanol–water partition coefficient (Wildman–Crippen LogP) is 2.14. The molecule has 2 N–H and O–H groups in total. The first-order chi connectivity index (χ1) is 6.66. The molecule has 1 aliphatic rings. The fourth-order valence-corrected chi connectivity index (χ4v) is 2.02. The summed E-state index contributed by atoms with van der Waals surface area (Å²) in [6.07, 6.45) is 0.498. The SMILES string of the molecule is CC(O)Cc1ccc2c(c1)C(C)CN2. The van der Waals surface area contributed by atoms with Crippen molar-refractivity contribution in [2.24, 2.45) is 0 Å². The molecule has 2 heteroatoms. The highest BCUT2D eigenvalue weighted by Gasteiger charge is 2.17. The first-order valence-electron chi connectivity index (χ1n) is 5.21. The number of aliphatic hydroxyl groups excluding tert-OH is 1. The number of benzene rings is 1. The van der Waals surface area contributed by atoms with Crippen LogP contribution in [0.2, 0.25) is 0 Å². The van der Waals surface area contributed by atoms with Gasteiger partial charge in [-0.1, -0.05) is 19.1 Å². The van der Waals surface area contributed by atoms with Crippen LogP contribution in [0.15, 0.2) is 18.2 Å². The number of nitrogens with one attached hydrogen (secondary N) is 1. The van der Waals surface area contributed by atoms with Crippen molar-refractivity contribution in [3.05, 3.63) is 29.3 Å². The van der Waals surface area contributed by atoms with E-state index in [0.717, 1.165) is 13.0 Å². The second kappa shape index (κ2) is 3.62. The molecule has 1 heterocycles. The average Bonchev–Trinajstić information content (AvgIpc) is 2.47. The smallest absolute Gasteiger partial charge is 0.0552 e. The maximum Gasteiger partial charge on any atom is 0.0552 e. The largest absolute Gasteiger partial charge is 0.393 e. The van der Waals surface area contributed by atoms with Gasteiger partial charge < -0.3 is 10.4 Å². The van der Waals surface area contributed by atoms with E-state index < -0.39 is 0 Å². The van der Waals surface area contributed by atoms with E-state index in [1.54, 1.807) is 0 Å². The minimum atomic E-state index is -0.252. The van der Waals surface area contributed by atoms with Crippen molar-refractivity contribution in [1.82, 2.24) is 0 Å². The Morgan fingerprint density at radius 2 is 2.36 bits per heavy atom. The Morgan fingerprint density at radius 3 is 3.07 bits per heavy atom. The van der Waals surface area contributed by atoms with E-state index in [9.17, 15) is 5.11 Å². The summed E-state index contributed by atoms with van der Waals surface area (Å²) < 4.78 is 0. The zero-order valence-corrected chi connectivity index (χ0v) is 8.75. The lowest BCUT2D eigenvalue weighted by atomic mass is 9.99. The summed E-state index contributed by atoms with van der Waals surface area (Å²) in [7, 11) is 0. The minimum absolute atomic E-state index is 0.252. The highest BCUT2D eigenvalue weighted by atomic mass is 16.3. The van der Waals surface area contributed by atoms with Gasteiger partial charge in [-0.05, 0) is 30.5 Å². The lowest BCUT2D eigenvalue weighted by molar-refractivity contribution is 0.195. The molecule has 0 saturated heterocycles. The molecule has 76 valence electrons. The van der Waals surface area contributed by atoms with Crippen molar-refractivity contribution in [2.75, 3.05) is 11.9 Å². The van der Waals surface area contributed by atoms with Crippen molar-refractivity contribution >= 4 is 5.69 Å². The molecule has 1 aliphatic heterocycles. The van der Waals surface area contributed by atoms with Gasteiger partial charge in [-0.25, -0.2) is 0 Å². The summed E-state index contributed by atoms with van der Waals surface area (Å²) in [5.74, 6) is 0.596. The Balaban J connectivity index is 2.26. The highest BCUT2D eigenvalue weighted by molar-refractivity contribution is 5.58. The van der Waals surface area contributed by atoms with E-state index in [2.05, 4.69) is 30.4 Å². The van der Waals surface area contributed by atoms with Crippen molar-refractivity contribution in [3.8, 4) is 0 Å². The van der Waals surface area contributed by atoms with Crippen LogP contribution in [0, 0.1) is 0 Å². The Kier molecular flexibility index (Phi) is 2.46. The van der Waals surface area contributed by atoms with Crippen LogP contribution in [0.3, 0.4) is 0 Å². The van der Waals surface area contributed by atoms with Gasteiger partial charge in [-0.3, -0.25) is 0 Å². The summed E-state index contributed by atoms with van der Waals surface area (Å²) in [5, 5.41) is 12.7. The van der Waals surface area contributed by atoms with Gasteiger partial charge in [0.15, 0.2) is 0 Å². The van der Waals surface area contributed by atoms with Crippen molar-refractivity contribution < 1.29 is 5.11 Å². The van der Waals surface area contributed by atoms with E-state index in [0.29, 0.717) is 5.92 Å². The van der Waals surface area contributed by atoms with E-state index >= 15 is 0 Å². The van der Waals surface area contributed by atoms with Crippen molar-refractivity contribution in [2.45, 2.75) is 32.3 Å². The zero-order valence-electron chi connectivity index (χ0n) is 8.75. The molecule has 1 aromatic rings. The molecule has 2 atom stereocenters. The summed E-state index contributed by atoms with van der Waals surface area (Å²) in [6.45, 7) is 5.09. The van der Waals surface area contributed by atoms with Gasteiger partial charge in [0.05, 0.1) is 6.10 Å². The number of fused-ring (bicyclic) bond motifs is 1. The molecule has 0 fully saturated rings. The van der Waals surface area contributed by atoms with Crippen LogP contribution in [0.1, 0.15) is 30.9 Å². The van der Waals surface area contributed by atoms with Crippen LogP contribution >= 0.6 is 0 Å². The van der Waals surface area contributed by atoms with Crippen LogP contribution in [0.4, 0.5) is 5.69 Å². The molecule has 2 unspecified atom stereocenters. The molecule has 2 nitrogen and oxygen atoms in total. The van der Waals surface area contributed by atoms with Crippen LogP contribution in [0.25, 0.3) is 0 Å². The molecule has 1 aromatic carbocycles. The van der Waals surface area contributed by atoms with Crippen molar-refractivity contribution in [1.29, 1.82) is 0 Å². The Hall–Kier alpha value is -1.02. The Morgan fingerprint density at radius 1 is 1.57 bits per heavy atom. The minimum Gasteiger partial charge on any atom is -0.393 e. The average molecular weight is 191 g/mol. The lowest BCUT2D eigenvalue weighted by Crippen LogP contribution is -2.04. The fraction of sp³-hybridized carbons (Fsp3) is 0.500. The molecule has 0 amide bonds. The van der Waals surface area contributed by atoms with Crippen molar-refractivity contribution in [3.63, 3.8) is 0 Å². The quantitative estimate of drug-likeness (QED) is 0.750.